The highest BCUT2D eigenvalue weighted by Gasteiger charge is 2.43. The second-order valence-corrected chi connectivity index (χ2v) is 5.50. The summed E-state index contributed by atoms with van der Waals surface area (Å²) in [6.45, 7) is 8.38. The van der Waals surface area contributed by atoms with Crippen LogP contribution in [0.15, 0.2) is 0 Å². The average molecular weight is 212 g/mol. The van der Waals surface area contributed by atoms with E-state index in [1.54, 1.807) is 0 Å². The topological polar surface area (TPSA) is 26.3 Å². The van der Waals surface area contributed by atoms with Crippen LogP contribution in [0.3, 0.4) is 0 Å². The van der Waals surface area contributed by atoms with Gasteiger partial charge in [0.2, 0.25) is 0 Å². The molecule has 0 aromatic heterocycles. The first kappa shape index (κ1) is 12.5. The van der Waals surface area contributed by atoms with Crippen LogP contribution in [-0.2, 0) is 9.53 Å². The van der Waals surface area contributed by atoms with Gasteiger partial charge in [-0.1, -0.05) is 33.1 Å². The molecule has 0 bridgehead atoms. The SMILES string of the molecule is CCCCCC(C)C1CC(C)(C)C(=O)O1. The van der Waals surface area contributed by atoms with Crippen molar-refractivity contribution >= 4 is 5.97 Å². The minimum absolute atomic E-state index is 0.0187. The van der Waals surface area contributed by atoms with Gasteiger partial charge in [0.15, 0.2) is 0 Å². The summed E-state index contributed by atoms with van der Waals surface area (Å²) in [6.07, 6.45) is 6.02. The van der Waals surface area contributed by atoms with Crippen molar-refractivity contribution in [1.29, 1.82) is 0 Å². The Bertz CT molecular complexity index is 221. The Labute approximate surface area is 93.4 Å². The molecule has 15 heavy (non-hydrogen) atoms. The van der Waals surface area contributed by atoms with E-state index < -0.39 is 0 Å². The molecule has 0 amide bonds. The summed E-state index contributed by atoms with van der Waals surface area (Å²) in [6, 6.07) is 0. The van der Waals surface area contributed by atoms with E-state index >= 15 is 0 Å². The zero-order chi connectivity index (χ0) is 11.5. The van der Waals surface area contributed by atoms with E-state index in [-0.39, 0.29) is 17.5 Å². The summed E-state index contributed by atoms with van der Waals surface area (Å²) in [5.41, 5.74) is -0.260. The second kappa shape index (κ2) is 5.00. The predicted molar refractivity (Wildman–Crippen MR) is 61.6 cm³/mol. The molecule has 0 aromatic rings. The number of unbranched alkanes of at least 4 members (excludes halogenated alkanes) is 2. The Hall–Kier alpha value is -0.530. The second-order valence-electron chi connectivity index (χ2n) is 5.50. The van der Waals surface area contributed by atoms with Crippen molar-refractivity contribution in [2.45, 2.75) is 65.9 Å². The molecule has 0 spiro atoms. The van der Waals surface area contributed by atoms with E-state index in [0.717, 1.165) is 6.42 Å². The maximum absolute atomic E-state index is 11.5. The highest BCUT2D eigenvalue weighted by atomic mass is 16.6. The quantitative estimate of drug-likeness (QED) is 0.514. The van der Waals surface area contributed by atoms with Gasteiger partial charge in [-0.05, 0) is 26.2 Å². The zero-order valence-corrected chi connectivity index (χ0v) is 10.5. The molecule has 2 heteroatoms. The first-order valence-electron chi connectivity index (χ1n) is 6.18. The molecule has 0 saturated carbocycles. The molecule has 1 aliphatic heterocycles. The van der Waals surface area contributed by atoms with Gasteiger partial charge in [-0.15, -0.1) is 0 Å². The molecule has 2 unspecified atom stereocenters. The maximum atomic E-state index is 11.5. The third-order valence-electron chi connectivity index (χ3n) is 3.42. The van der Waals surface area contributed by atoms with Gasteiger partial charge >= 0.3 is 5.97 Å². The van der Waals surface area contributed by atoms with Crippen LogP contribution in [0.25, 0.3) is 0 Å². The molecule has 0 N–H and O–H groups in total. The minimum Gasteiger partial charge on any atom is -0.462 e. The molecule has 2 nitrogen and oxygen atoms in total. The molecular formula is C13H24O2. The lowest BCUT2D eigenvalue weighted by atomic mass is 9.85. The Balaban J connectivity index is 2.36. The molecule has 1 saturated heterocycles. The molecule has 1 heterocycles. The fourth-order valence-electron chi connectivity index (χ4n) is 2.14. The third-order valence-corrected chi connectivity index (χ3v) is 3.42. The van der Waals surface area contributed by atoms with Gasteiger partial charge in [0.05, 0.1) is 5.41 Å². The number of ether oxygens (including phenoxy) is 1. The van der Waals surface area contributed by atoms with Crippen LogP contribution in [0.5, 0.6) is 0 Å². The summed E-state index contributed by atoms with van der Waals surface area (Å²) < 4.78 is 5.43. The molecule has 2 atom stereocenters. The van der Waals surface area contributed by atoms with Crippen molar-refractivity contribution in [1.82, 2.24) is 0 Å². The first-order valence-corrected chi connectivity index (χ1v) is 6.18. The summed E-state index contributed by atoms with van der Waals surface area (Å²) in [5, 5.41) is 0. The summed E-state index contributed by atoms with van der Waals surface area (Å²) in [7, 11) is 0. The normalized spacial score (nSPS) is 26.4. The van der Waals surface area contributed by atoms with Crippen molar-refractivity contribution in [3.63, 3.8) is 0 Å². The first-order chi connectivity index (χ1) is 6.97. The standard InChI is InChI=1S/C13H24O2/c1-5-6-7-8-10(2)11-9-13(3,4)12(14)15-11/h10-11H,5-9H2,1-4H3. The van der Waals surface area contributed by atoms with Gasteiger partial charge in [-0.2, -0.15) is 0 Å². The minimum atomic E-state index is -0.260. The van der Waals surface area contributed by atoms with E-state index in [1.807, 2.05) is 13.8 Å². The van der Waals surface area contributed by atoms with Gasteiger partial charge in [0.1, 0.15) is 6.10 Å². The van der Waals surface area contributed by atoms with Crippen LogP contribution in [0, 0.1) is 11.3 Å². The number of hydrogen-bond acceptors (Lipinski definition) is 2. The van der Waals surface area contributed by atoms with Gasteiger partial charge in [0, 0.05) is 6.42 Å². The Morgan fingerprint density at radius 3 is 2.60 bits per heavy atom. The summed E-state index contributed by atoms with van der Waals surface area (Å²) in [5.74, 6) is 0.497. The average Bonchev–Trinajstić information content (AvgIpc) is 2.42. The van der Waals surface area contributed by atoms with Crippen LogP contribution in [-0.4, -0.2) is 12.1 Å². The molecule has 88 valence electrons. The number of carbonyl (C=O) groups excluding carboxylic acids is 1. The lowest BCUT2D eigenvalue weighted by Crippen LogP contribution is -2.18. The Morgan fingerprint density at radius 1 is 1.47 bits per heavy atom. The van der Waals surface area contributed by atoms with Crippen molar-refractivity contribution < 1.29 is 9.53 Å². The molecule has 1 rings (SSSR count). The van der Waals surface area contributed by atoms with Crippen LogP contribution < -0.4 is 0 Å². The van der Waals surface area contributed by atoms with Crippen molar-refractivity contribution in [2.75, 3.05) is 0 Å². The summed E-state index contributed by atoms with van der Waals surface area (Å²) in [4.78, 5) is 11.5. The van der Waals surface area contributed by atoms with Crippen molar-refractivity contribution in [3.8, 4) is 0 Å². The van der Waals surface area contributed by atoms with E-state index in [9.17, 15) is 4.79 Å². The molecule has 0 radical (unpaired) electrons. The van der Waals surface area contributed by atoms with Gasteiger partial charge < -0.3 is 4.74 Å². The number of esters is 1. The monoisotopic (exact) mass is 212 g/mol. The van der Waals surface area contributed by atoms with E-state index in [1.165, 1.54) is 25.7 Å². The van der Waals surface area contributed by atoms with Crippen LogP contribution >= 0.6 is 0 Å². The smallest absolute Gasteiger partial charge is 0.311 e. The predicted octanol–water partition coefficient (Wildman–Crippen LogP) is 3.54. The van der Waals surface area contributed by atoms with Crippen molar-refractivity contribution in [2.24, 2.45) is 11.3 Å². The third kappa shape index (κ3) is 3.22. The van der Waals surface area contributed by atoms with Gasteiger partial charge in [0.25, 0.3) is 0 Å². The molecule has 1 aliphatic rings. The van der Waals surface area contributed by atoms with Crippen molar-refractivity contribution in [3.05, 3.63) is 0 Å². The largest absolute Gasteiger partial charge is 0.462 e. The molecular weight excluding hydrogens is 188 g/mol. The van der Waals surface area contributed by atoms with Gasteiger partial charge in [-0.25, -0.2) is 0 Å². The van der Waals surface area contributed by atoms with E-state index in [4.69, 9.17) is 4.74 Å². The molecule has 0 aromatic carbocycles. The van der Waals surface area contributed by atoms with Crippen LogP contribution in [0.2, 0.25) is 0 Å². The summed E-state index contributed by atoms with van der Waals surface area (Å²) >= 11 is 0. The maximum Gasteiger partial charge on any atom is 0.311 e. The number of hydrogen-bond donors (Lipinski definition) is 0. The highest BCUT2D eigenvalue weighted by molar-refractivity contribution is 5.78. The lowest BCUT2D eigenvalue weighted by Gasteiger charge is -2.18. The fraction of sp³-hybridized carbons (Fsp3) is 0.923. The van der Waals surface area contributed by atoms with Gasteiger partial charge in [-0.3, -0.25) is 4.79 Å². The highest BCUT2D eigenvalue weighted by Crippen LogP contribution is 2.37. The zero-order valence-electron chi connectivity index (χ0n) is 10.5. The van der Waals surface area contributed by atoms with Crippen LogP contribution in [0.1, 0.15) is 59.8 Å². The lowest BCUT2D eigenvalue weighted by molar-refractivity contribution is -0.148. The number of carbonyl (C=O) groups is 1. The molecule has 0 aliphatic carbocycles. The Kier molecular flexibility index (Phi) is 4.18. The number of cyclic esters (lactones) is 1. The molecule has 1 fully saturated rings. The fourth-order valence-corrected chi connectivity index (χ4v) is 2.14. The van der Waals surface area contributed by atoms with E-state index in [0.29, 0.717) is 5.92 Å². The van der Waals surface area contributed by atoms with Crippen LogP contribution in [0.4, 0.5) is 0 Å². The Morgan fingerprint density at radius 2 is 2.13 bits per heavy atom. The van der Waals surface area contributed by atoms with E-state index in [2.05, 4.69) is 13.8 Å². The number of rotatable bonds is 5.